The monoisotopic (exact) mass is 215 g/mol. The van der Waals surface area contributed by atoms with Gasteiger partial charge in [-0.1, -0.05) is 6.92 Å². The SMILES string of the molecule is CCCNCCOc1ccc(F)cc1F. The summed E-state index contributed by atoms with van der Waals surface area (Å²) in [5.41, 5.74) is 0. The van der Waals surface area contributed by atoms with Crippen LogP contribution >= 0.6 is 0 Å². The molecule has 0 saturated heterocycles. The number of benzene rings is 1. The Morgan fingerprint density at radius 1 is 1.27 bits per heavy atom. The van der Waals surface area contributed by atoms with E-state index in [9.17, 15) is 8.78 Å². The van der Waals surface area contributed by atoms with Gasteiger partial charge in [0.15, 0.2) is 11.6 Å². The summed E-state index contributed by atoms with van der Waals surface area (Å²) in [4.78, 5) is 0. The lowest BCUT2D eigenvalue weighted by Crippen LogP contribution is -2.21. The molecule has 0 fully saturated rings. The molecule has 0 aromatic heterocycles. The van der Waals surface area contributed by atoms with Crippen molar-refractivity contribution in [3.8, 4) is 5.75 Å². The summed E-state index contributed by atoms with van der Waals surface area (Å²) in [7, 11) is 0. The summed E-state index contributed by atoms with van der Waals surface area (Å²) in [5, 5.41) is 3.11. The van der Waals surface area contributed by atoms with Crippen LogP contribution in [0.1, 0.15) is 13.3 Å². The molecule has 1 aromatic rings. The van der Waals surface area contributed by atoms with Crippen molar-refractivity contribution in [1.29, 1.82) is 0 Å². The summed E-state index contributed by atoms with van der Waals surface area (Å²) in [6, 6.07) is 3.29. The van der Waals surface area contributed by atoms with E-state index in [-0.39, 0.29) is 5.75 Å². The van der Waals surface area contributed by atoms with Crippen LogP contribution in [0.3, 0.4) is 0 Å². The Labute approximate surface area is 88.3 Å². The van der Waals surface area contributed by atoms with Gasteiger partial charge in [-0.25, -0.2) is 8.78 Å². The van der Waals surface area contributed by atoms with Crippen molar-refractivity contribution in [3.63, 3.8) is 0 Å². The van der Waals surface area contributed by atoms with Crippen LogP contribution in [0.5, 0.6) is 5.75 Å². The second-order valence-corrected chi connectivity index (χ2v) is 3.17. The molecule has 4 heteroatoms. The lowest BCUT2D eigenvalue weighted by atomic mass is 10.3. The van der Waals surface area contributed by atoms with Gasteiger partial charge in [-0.2, -0.15) is 0 Å². The summed E-state index contributed by atoms with van der Waals surface area (Å²) >= 11 is 0. The summed E-state index contributed by atoms with van der Waals surface area (Å²) in [6.45, 7) is 4.01. The van der Waals surface area contributed by atoms with Gasteiger partial charge in [-0.15, -0.1) is 0 Å². The molecule has 0 spiro atoms. The lowest BCUT2D eigenvalue weighted by Gasteiger charge is -2.07. The first kappa shape index (κ1) is 11.9. The van der Waals surface area contributed by atoms with Gasteiger partial charge < -0.3 is 10.1 Å². The zero-order valence-corrected chi connectivity index (χ0v) is 8.72. The number of hydrogen-bond acceptors (Lipinski definition) is 2. The number of rotatable bonds is 6. The van der Waals surface area contributed by atoms with Crippen LogP contribution in [0.15, 0.2) is 18.2 Å². The maximum Gasteiger partial charge on any atom is 0.167 e. The van der Waals surface area contributed by atoms with E-state index in [4.69, 9.17) is 4.74 Å². The van der Waals surface area contributed by atoms with Crippen molar-refractivity contribution in [2.45, 2.75) is 13.3 Å². The van der Waals surface area contributed by atoms with Crippen LogP contribution in [0, 0.1) is 11.6 Å². The Hall–Kier alpha value is -1.16. The molecule has 1 N–H and O–H groups in total. The average Bonchev–Trinajstić information content (AvgIpc) is 2.20. The smallest absolute Gasteiger partial charge is 0.167 e. The predicted molar refractivity (Wildman–Crippen MR) is 55.0 cm³/mol. The second kappa shape index (κ2) is 6.35. The molecule has 0 unspecified atom stereocenters. The average molecular weight is 215 g/mol. The van der Waals surface area contributed by atoms with Gasteiger partial charge in [-0.3, -0.25) is 0 Å². The van der Waals surface area contributed by atoms with E-state index in [1.165, 1.54) is 12.1 Å². The third-order valence-electron chi connectivity index (χ3n) is 1.86. The molecule has 84 valence electrons. The van der Waals surface area contributed by atoms with E-state index >= 15 is 0 Å². The molecule has 15 heavy (non-hydrogen) atoms. The molecule has 0 heterocycles. The van der Waals surface area contributed by atoms with Gasteiger partial charge in [0.2, 0.25) is 0 Å². The van der Waals surface area contributed by atoms with Crippen LogP contribution < -0.4 is 10.1 Å². The van der Waals surface area contributed by atoms with E-state index in [1.807, 2.05) is 0 Å². The number of ether oxygens (including phenoxy) is 1. The van der Waals surface area contributed by atoms with Crippen molar-refractivity contribution in [1.82, 2.24) is 5.32 Å². The highest BCUT2D eigenvalue weighted by molar-refractivity contribution is 5.24. The minimum Gasteiger partial charge on any atom is -0.489 e. The topological polar surface area (TPSA) is 21.3 Å². The molecule has 0 aliphatic rings. The van der Waals surface area contributed by atoms with E-state index in [0.717, 1.165) is 19.0 Å². The van der Waals surface area contributed by atoms with Gasteiger partial charge in [0, 0.05) is 12.6 Å². The second-order valence-electron chi connectivity index (χ2n) is 3.17. The van der Waals surface area contributed by atoms with Gasteiger partial charge in [-0.05, 0) is 25.1 Å². The fourth-order valence-electron chi connectivity index (χ4n) is 1.13. The minimum atomic E-state index is -0.662. The summed E-state index contributed by atoms with van der Waals surface area (Å²) in [5.74, 6) is -1.16. The van der Waals surface area contributed by atoms with E-state index in [2.05, 4.69) is 12.2 Å². The molecule has 0 aliphatic carbocycles. The van der Waals surface area contributed by atoms with E-state index in [0.29, 0.717) is 13.2 Å². The predicted octanol–water partition coefficient (Wildman–Crippen LogP) is 2.34. The molecule has 1 rings (SSSR count). The largest absolute Gasteiger partial charge is 0.489 e. The van der Waals surface area contributed by atoms with Crippen LogP contribution in [0.25, 0.3) is 0 Å². The summed E-state index contributed by atoms with van der Waals surface area (Å²) < 4.78 is 30.7. The molecular formula is C11H15F2NO. The van der Waals surface area contributed by atoms with Crippen LogP contribution in [0.2, 0.25) is 0 Å². The first-order chi connectivity index (χ1) is 7.24. The van der Waals surface area contributed by atoms with Crippen molar-refractivity contribution in [2.75, 3.05) is 19.7 Å². The van der Waals surface area contributed by atoms with Gasteiger partial charge in [0.25, 0.3) is 0 Å². The Bertz CT molecular complexity index is 305. The Morgan fingerprint density at radius 3 is 2.73 bits per heavy atom. The van der Waals surface area contributed by atoms with E-state index in [1.54, 1.807) is 0 Å². The summed E-state index contributed by atoms with van der Waals surface area (Å²) in [6.07, 6.45) is 1.05. The molecule has 0 bridgehead atoms. The molecule has 0 radical (unpaired) electrons. The fraction of sp³-hybridized carbons (Fsp3) is 0.455. The third-order valence-corrected chi connectivity index (χ3v) is 1.86. The van der Waals surface area contributed by atoms with Crippen LogP contribution in [0.4, 0.5) is 8.78 Å². The van der Waals surface area contributed by atoms with Gasteiger partial charge in [0.1, 0.15) is 12.4 Å². The van der Waals surface area contributed by atoms with Crippen molar-refractivity contribution >= 4 is 0 Å². The maximum absolute atomic E-state index is 13.0. The Kier molecular flexibility index (Phi) is 5.04. The highest BCUT2D eigenvalue weighted by Gasteiger charge is 2.03. The quantitative estimate of drug-likeness (QED) is 0.735. The number of halogens is 2. The third kappa shape index (κ3) is 4.25. The first-order valence-corrected chi connectivity index (χ1v) is 5.02. The molecule has 2 nitrogen and oxygen atoms in total. The fourth-order valence-corrected chi connectivity index (χ4v) is 1.13. The molecule has 0 atom stereocenters. The highest BCUT2D eigenvalue weighted by atomic mass is 19.1. The molecule has 0 saturated carbocycles. The standard InChI is InChI=1S/C11H15F2NO/c1-2-5-14-6-7-15-11-4-3-9(12)8-10(11)13/h3-4,8,14H,2,5-7H2,1H3. The van der Waals surface area contributed by atoms with Crippen molar-refractivity contribution < 1.29 is 13.5 Å². The van der Waals surface area contributed by atoms with Crippen molar-refractivity contribution in [3.05, 3.63) is 29.8 Å². The number of nitrogens with one attached hydrogen (secondary N) is 1. The molecule has 0 aliphatic heterocycles. The van der Waals surface area contributed by atoms with Gasteiger partial charge >= 0.3 is 0 Å². The molecule has 0 amide bonds. The van der Waals surface area contributed by atoms with Crippen LogP contribution in [-0.4, -0.2) is 19.7 Å². The lowest BCUT2D eigenvalue weighted by molar-refractivity contribution is 0.298. The minimum absolute atomic E-state index is 0.0923. The zero-order chi connectivity index (χ0) is 11.1. The normalized spacial score (nSPS) is 10.3. The van der Waals surface area contributed by atoms with Crippen LogP contribution in [-0.2, 0) is 0 Å². The molecule has 1 aromatic carbocycles. The van der Waals surface area contributed by atoms with Gasteiger partial charge in [0.05, 0.1) is 0 Å². The Balaban J connectivity index is 2.31. The zero-order valence-electron chi connectivity index (χ0n) is 8.72. The number of hydrogen-bond donors (Lipinski definition) is 1. The first-order valence-electron chi connectivity index (χ1n) is 5.02. The van der Waals surface area contributed by atoms with Crippen molar-refractivity contribution in [2.24, 2.45) is 0 Å². The Morgan fingerprint density at radius 2 is 2.07 bits per heavy atom. The molecular weight excluding hydrogens is 200 g/mol. The maximum atomic E-state index is 13.0. The highest BCUT2D eigenvalue weighted by Crippen LogP contribution is 2.16. The van der Waals surface area contributed by atoms with E-state index < -0.39 is 11.6 Å².